The second-order valence-corrected chi connectivity index (χ2v) is 8.65. The lowest BCUT2D eigenvalue weighted by atomic mass is 10.2. The topological polar surface area (TPSA) is 78.3 Å². The van der Waals surface area contributed by atoms with Gasteiger partial charge in [0.2, 0.25) is 5.91 Å². The Morgan fingerprint density at radius 2 is 2.03 bits per heavy atom. The molecule has 1 fully saturated rings. The number of carbonyl (C=O) groups is 1. The number of hydrogen-bond acceptors (Lipinski definition) is 6. The molecule has 7 nitrogen and oxygen atoms in total. The minimum absolute atomic E-state index is 0.00723. The average molecular weight is 495 g/mol. The Hall–Kier alpha value is -2.69. The molecule has 0 bridgehead atoms. The lowest BCUT2D eigenvalue weighted by Crippen LogP contribution is -2.18. The van der Waals surface area contributed by atoms with Crippen LogP contribution < -0.4 is 10.1 Å². The maximum Gasteiger partial charge on any atom is 0.387 e. The number of halogens is 3. The summed E-state index contributed by atoms with van der Waals surface area (Å²) in [5.41, 5.74) is 1.02. The summed E-state index contributed by atoms with van der Waals surface area (Å²) in [5, 5.41) is 12.4. The van der Waals surface area contributed by atoms with Gasteiger partial charge in [-0.25, -0.2) is 0 Å². The first-order valence-electron chi connectivity index (χ1n) is 10.3. The molecule has 174 valence electrons. The molecule has 4 rings (SSSR count). The minimum Gasteiger partial charge on any atom is -0.433 e. The molecule has 0 radical (unpaired) electrons. The molecule has 0 spiro atoms. The van der Waals surface area contributed by atoms with E-state index in [1.807, 2.05) is 16.7 Å². The molecule has 2 aromatic carbocycles. The lowest BCUT2D eigenvalue weighted by Gasteiger charge is -2.15. The molecule has 0 saturated carbocycles. The van der Waals surface area contributed by atoms with E-state index in [9.17, 15) is 13.6 Å². The Labute approximate surface area is 198 Å². The third kappa shape index (κ3) is 6.21. The van der Waals surface area contributed by atoms with Gasteiger partial charge in [-0.15, -0.1) is 10.2 Å². The number of alkyl halides is 2. The van der Waals surface area contributed by atoms with E-state index in [1.54, 1.807) is 24.3 Å². The van der Waals surface area contributed by atoms with E-state index >= 15 is 0 Å². The molecule has 1 aromatic heterocycles. The van der Waals surface area contributed by atoms with E-state index < -0.39 is 6.61 Å². The summed E-state index contributed by atoms with van der Waals surface area (Å²) in [7, 11) is 0. The third-order valence-corrected chi connectivity index (χ3v) is 6.16. The molecule has 1 aliphatic heterocycles. The van der Waals surface area contributed by atoms with Crippen molar-refractivity contribution < 1.29 is 23.0 Å². The number of ether oxygens (including phenoxy) is 2. The Balaban J connectivity index is 1.48. The smallest absolute Gasteiger partial charge is 0.387 e. The summed E-state index contributed by atoms with van der Waals surface area (Å²) in [6, 6.07) is 13.3. The van der Waals surface area contributed by atoms with Gasteiger partial charge in [0.15, 0.2) is 11.0 Å². The van der Waals surface area contributed by atoms with Gasteiger partial charge in [0, 0.05) is 17.2 Å². The van der Waals surface area contributed by atoms with Gasteiger partial charge in [0.1, 0.15) is 5.75 Å². The van der Waals surface area contributed by atoms with Crippen LogP contribution in [0.25, 0.3) is 11.4 Å². The predicted molar refractivity (Wildman–Crippen MR) is 122 cm³/mol. The number of benzene rings is 2. The van der Waals surface area contributed by atoms with E-state index in [0.29, 0.717) is 29.2 Å². The van der Waals surface area contributed by atoms with E-state index in [4.69, 9.17) is 16.3 Å². The van der Waals surface area contributed by atoms with Crippen molar-refractivity contribution in [2.75, 3.05) is 17.7 Å². The number of rotatable bonds is 9. The van der Waals surface area contributed by atoms with Crippen LogP contribution in [-0.4, -0.2) is 45.7 Å². The fourth-order valence-corrected chi connectivity index (χ4v) is 4.32. The predicted octanol–water partition coefficient (Wildman–Crippen LogP) is 5.11. The van der Waals surface area contributed by atoms with Crippen LogP contribution in [0.15, 0.2) is 53.7 Å². The van der Waals surface area contributed by atoms with Gasteiger partial charge in [-0.05, 0) is 49.2 Å². The first-order valence-corrected chi connectivity index (χ1v) is 11.6. The highest BCUT2D eigenvalue weighted by Gasteiger charge is 2.22. The van der Waals surface area contributed by atoms with Crippen LogP contribution in [0.5, 0.6) is 5.75 Å². The molecule has 0 aliphatic carbocycles. The largest absolute Gasteiger partial charge is 0.433 e. The van der Waals surface area contributed by atoms with E-state index in [1.165, 1.54) is 23.9 Å². The molecule has 1 atom stereocenters. The summed E-state index contributed by atoms with van der Waals surface area (Å²) in [5.74, 6) is 0.177. The van der Waals surface area contributed by atoms with Crippen LogP contribution in [0.2, 0.25) is 5.02 Å². The molecule has 33 heavy (non-hydrogen) atoms. The zero-order valence-electron chi connectivity index (χ0n) is 17.4. The van der Waals surface area contributed by atoms with Gasteiger partial charge in [0.05, 0.1) is 24.1 Å². The van der Waals surface area contributed by atoms with Gasteiger partial charge in [-0.3, -0.25) is 9.36 Å². The maximum atomic E-state index is 12.6. The van der Waals surface area contributed by atoms with Crippen LogP contribution in [0.3, 0.4) is 0 Å². The highest BCUT2D eigenvalue weighted by Crippen LogP contribution is 2.29. The first-order chi connectivity index (χ1) is 16.0. The number of para-hydroxylation sites is 2. The number of aromatic nitrogens is 3. The number of hydrogen-bond donors (Lipinski definition) is 1. The lowest BCUT2D eigenvalue weighted by molar-refractivity contribution is -0.113. The highest BCUT2D eigenvalue weighted by atomic mass is 35.5. The van der Waals surface area contributed by atoms with Crippen LogP contribution in [-0.2, 0) is 16.1 Å². The molecular weight excluding hydrogens is 474 g/mol. The summed E-state index contributed by atoms with van der Waals surface area (Å²) < 4.78 is 37.4. The van der Waals surface area contributed by atoms with Crippen molar-refractivity contribution in [3.63, 3.8) is 0 Å². The van der Waals surface area contributed by atoms with E-state index in [0.717, 1.165) is 18.4 Å². The molecule has 1 saturated heterocycles. The van der Waals surface area contributed by atoms with Gasteiger partial charge >= 0.3 is 6.61 Å². The molecule has 11 heteroatoms. The quantitative estimate of drug-likeness (QED) is 0.416. The minimum atomic E-state index is -2.99. The van der Waals surface area contributed by atoms with Crippen molar-refractivity contribution >= 4 is 35.0 Å². The summed E-state index contributed by atoms with van der Waals surface area (Å²) in [6.07, 6.45) is 1.97. The van der Waals surface area contributed by atoms with Crippen molar-refractivity contribution in [3.8, 4) is 17.1 Å². The van der Waals surface area contributed by atoms with Crippen LogP contribution in [0, 0.1) is 0 Å². The first kappa shape index (κ1) is 23.5. The molecule has 1 N–H and O–H groups in total. The fourth-order valence-electron chi connectivity index (χ4n) is 3.45. The Morgan fingerprint density at radius 1 is 1.24 bits per heavy atom. The Kier molecular flexibility index (Phi) is 7.79. The van der Waals surface area contributed by atoms with Gasteiger partial charge in [-0.2, -0.15) is 8.78 Å². The molecule has 3 aromatic rings. The average Bonchev–Trinajstić information content (AvgIpc) is 3.44. The molecule has 2 heterocycles. The van der Waals surface area contributed by atoms with Crippen LogP contribution >= 0.6 is 23.4 Å². The summed E-state index contributed by atoms with van der Waals surface area (Å²) >= 11 is 7.21. The Bertz CT molecular complexity index is 1090. The van der Waals surface area contributed by atoms with Crippen molar-refractivity contribution in [2.45, 2.75) is 37.3 Å². The van der Waals surface area contributed by atoms with Gasteiger partial charge in [-0.1, -0.05) is 35.5 Å². The number of amides is 1. The van der Waals surface area contributed by atoms with Gasteiger partial charge in [0.25, 0.3) is 0 Å². The van der Waals surface area contributed by atoms with Crippen molar-refractivity contribution in [1.82, 2.24) is 14.8 Å². The van der Waals surface area contributed by atoms with Gasteiger partial charge < -0.3 is 14.8 Å². The third-order valence-electron chi connectivity index (χ3n) is 4.94. The molecule has 1 unspecified atom stereocenters. The van der Waals surface area contributed by atoms with E-state index in [-0.39, 0.29) is 29.2 Å². The summed E-state index contributed by atoms with van der Waals surface area (Å²) in [4.78, 5) is 12.5. The van der Waals surface area contributed by atoms with Crippen LogP contribution in [0.1, 0.15) is 12.8 Å². The van der Waals surface area contributed by atoms with Crippen molar-refractivity contribution in [2.24, 2.45) is 0 Å². The highest BCUT2D eigenvalue weighted by molar-refractivity contribution is 7.99. The second kappa shape index (κ2) is 11.0. The standard InChI is InChI=1S/C22H21ClF2N4O3S/c23-15-9-7-14(8-10-15)20-27-28-22(29(20)12-16-4-3-11-31-16)33-13-19(30)26-17-5-1-2-6-18(17)32-21(24)25/h1-2,5-10,16,21H,3-4,11-13H2,(H,26,30). The number of anilines is 1. The Morgan fingerprint density at radius 3 is 2.76 bits per heavy atom. The van der Waals surface area contributed by atoms with Crippen LogP contribution in [0.4, 0.5) is 14.5 Å². The fraction of sp³-hybridized carbons (Fsp3) is 0.318. The van der Waals surface area contributed by atoms with E-state index in [2.05, 4.69) is 20.3 Å². The van der Waals surface area contributed by atoms with Crippen molar-refractivity contribution in [1.29, 1.82) is 0 Å². The molecular formula is C22H21ClF2N4O3S. The summed E-state index contributed by atoms with van der Waals surface area (Å²) in [6.45, 7) is -1.71. The normalized spacial score (nSPS) is 15.7. The zero-order chi connectivity index (χ0) is 23.2. The number of nitrogens with zero attached hydrogens (tertiary/aromatic N) is 3. The van der Waals surface area contributed by atoms with Crippen molar-refractivity contribution in [3.05, 3.63) is 53.6 Å². The monoisotopic (exact) mass is 494 g/mol. The number of nitrogens with one attached hydrogen (secondary N) is 1. The SMILES string of the molecule is O=C(CSc1nnc(-c2ccc(Cl)cc2)n1CC1CCCO1)Nc1ccccc1OC(F)F. The maximum absolute atomic E-state index is 12.6. The number of thioether (sulfide) groups is 1. The molecule has 1 aliphatic rings. The second-order valence-electron chi connectivity index (χ2n) is 7.27. The number of carbonyl (C=O) groups excluding carboxylic acids is 1. The molecule has 1 amide bonds. The zero-order valence-corrected chi connectivity index (χ0v) is 19.0.